The summed E-state index contributed by atoms with van der Waals surface area (Å²) in [5.41, 5.74) is -0.570. The second-order valence-electron chi connectivity index (χ2n) is 4.74. The topological polar surface area (TPSA) is 32.3 Å². The Morgan fingerprint density at radius 3 is 2.47 bits per heavy atom. The van der Waals surface area contributed by atoms with Crippen LogP contribution in [0.5, 0.6) is 0 Å². The van der Waals surface area contributed by atoms with Crippen molar-refractivity contribution in [3.8, 4) is 0 Å². The number of hydrogen-bond donors (Lipinski definition) is 2. The molecule has 0 heterocycles. The Bertz CT molecular complexity index is 149. The zero-order chi connectivity index (χ0) is 11.7. The molecule has 0 amide bonds. The van der Waals surface area contributed by atoms with Crippen LogP contribution in [0, 0.1) is 5.92 Å². The molecule has 2 nitrogen and oxygen atoms in total. The molecule has 0 radical (unpaired) electrons. The summed E-state index contributed by atoms with van der Waals surface area (Å²) in [5.74, 6) is 1.57. The predicted molar refractivity (Wildman–Crippen MR) is 70.6 cm³/mol. The molecule has 92 valence electrons. The first-order valence-corrected chi connectivity index (χ1v) is 7.32. The molecule has 0 saturated heterocycles. The highest BCUT2D eigenvalue weighted by atomic mass is 32.2. The van der Waals surface area contributed by atoms with E-state index in [0.29, 0.717) is 12.5 Å². The van der Waals surface area contributed by atoms with E-state index in [0.717, 1.165) is 6.54 Å². The molecule has 0 aromatic carbocycles. The molecule has 0 aromatic rings. The summed E-state index contributed by atoms with van der Waals surface area (Å²) >= 11 is 1.91. The highest BCUT2D eigenvalue weighted by Crippen LogP contribution is 2.14. The Kier molecular flexibility index (Phi) is 8.58. The molecule has 0 aromatic heterocycles. The summed E-state index contributed by atoms with van der Waals surface area (Å²) in [6.07, 6.45) is 5.97. The van der Waals surface area contributed by atoms with Gasteiger partial charge in [-0.25, -0.2) is 0 Å². The molecule has 0 aliphatic rings. The predicted octanol–water partition coefficient (Wildman–Crippen LogP) is 2.52. The fraction of sp³-hybridized carbons (Fsp3) is 1.00. The monoisotopic (exact) mass is 233 g/mol. The fourth-order valence-electron chi connectivity index (χ4n) is 1.22. The second kappa shape index (κ2) is 8.43. The minimum absolute atomic E-state index is 0.307. The van der Waals surface area contributed by atoms with Crippen LogP contribution in [0.4, 0.5) is 0 Å². The van der Waals surface area contributed by atoms with E-state index in [1.807, 2.05) is 18.7 Å². The van der Waals surface area contributed by atoms with Crippen LogP contribution in [0.25, 0.3) is 0 Å². The summed E-state index contributed by atoms with van der Waals surface area (Å²) in [5, 5.41) is 13.3. The van der Waals surface area contributed by atoms with E-state index in [4.69, 9.17) is 0 Å². The largest absolute Gasteiger partial charge is 0.389 e. The molecule has 1 atom stereocenters. The quantitative estimate of drug-likeness (QED) is 0.600. The summed E-state index contributed by atoms with van der Waals surface area (Å²) in [7, 11) is 0. The Labute approximate surface area is 99.2 Å². The van der Waals surface area contributed by atoms with Crippen molar-refractivity contribution in [3.05, 3.63) is 0 Å². The molecule has 3 heteroatoms. The standard InChI is InChI=1S/C12H27NOS/c1-11(2)12(3,14)10-13-8-6-5-7-9-15-4/h11,13-14H,5-10H2,1-4H3. The summed E-state index contributed by atoms with van der Waals surface area (Å²) < 4.78 is 0. The van der Waals surface area contributed by atoms with Gasteiger partial charge in [-0.2, -0.15) is 11.8 Å². The van der Waals surface area contributed by atoms with Crippen LogP contribution in [0.2, 0.25) is 0 Å². The highest BCUT2D eigenvalue weighted by Gasteiger charge is 2.23. The first-order chi connectivity index (χ1) is 7.00. The smallest absolute Gasteiger partial charge is 0.0766 e. The van der Waals surface area contributed by atoms with Gasteiger partial charge >= 0.3 is 0 Å². The van der Waals surface area contributed by atoms with Crippen LogP contribution in [0.15, 0.2) is 0 Å². The van der Waals surface area contributed by atoms with Gasteiger partial charge in [-0.15, -0.1) is 0 Å². The molecule has 0 saturated carbocycles. The molecular weight excluding hydrogens is 206 g/mol. The lowest BCUT2D eigenvalue weighted by molar-refractivity contribution is 0.0144. The number of unbranched alkanes of at least 4 members (excludes halogenated alkanes) is 2. The lowest BCUT2D eigenvalue weighted by Gasteiger charge is -2.27. The maximum atomic E-state index is 9.97. The second-order valence-corrected chi connectivity index (χ2v) is 5.73. The molecule has 15 heavy (non-hydrogen) atoms. The van der Waals surface area contributed by atoms with Gasteiger partial charge in [0.15, 0.2) is 0 Å². The Morgan fingerprint density at radius 2 is 1.93 bits per heavy atom. The van der Waals surface area contributed by atoms with Crippen molar-refractivity contribution in [1.29, 1.82) is 0 Å². The Morgan fingerprint density at radius 1 is 1.27 bits per heavy atom. The third kappa shape index (κ3) is 8.12. The minimum Gasteiger partial charge on any atom is -0.389 e. The number of thioether (sulfide) groups is 1. The Hall–Kier alpha value is 0.270. The molecular formula is C12H27NOS. The van der Waals surface area contributed by atoms with Gasteiger partial charge in [0.2, 0.25) is 0 Å². The third-order valence-electron chi connectivity index (χ3n) is 2.93. The van der Waals surface area contributed by atoms with Crippen molar-refractivity contribution < 1.29 is 5.11 Å². The zero-order valence-corrected chi connectivity index (χ0v) is 11.5. The van der Waals surface area contributed by atoms with E-state index in [1.165, 1.54) is 25.0 Å². The molecule has 2 N–H and O–H groups in total. The maximum Gasteiger partial charge on any atom is 0.0766 e. The maximum absolute atomic E-state index is 9.97. The van der Waals surface area contributed by atoms with Gasteiger partial charge in [0.25, 0.3) is 0 Å². The van der Waals surface area contributed by atoms with Crippen LogP contribution in [-0.2, 0) is 0 Å². The molecule has 0 aliphatic carbocycles. The van der Waals surface area contributed by atoms with E-state index in [2.05, 4.69) is 25.4 Å². The van der Waals surface area contributed by atoms with Crippen molar-refractivity contribution in [2.24, 2.45) is 5.92 Å². The van der Waals surface area contributed by atoms with Crippen molar-refractivity contribution >= 4 is 11.8 Å². The summed E-state index contributed by atoms with van der Waals surface area (Å²) in [6.45, 7) is 7.74. The van der Waals surface area contributed by atoms with Crippen molar-refractivity contribution in [1.82, 2.24) is 5.32 Å². The van der Waals surface area contributed by atoms with E-state index >= 15 is 0 Å². The van der Waals surface area contributed by atoms with Crippen LogP contribution >= 0.6 is 11.8 Å². The number of nitrogens with one attached hydrogen (secondary N) is 1. The lowest BCUT2D eigenvalue weighted by Crippen LogP contribution is -2.42. The zero-order valence-electron chi connectivity index (χ0n) is 10.7. The van der Waals surface area contributed by atoms with Crippen LogP contribution in [-0.4, -0.2) is 35.8 Å². The molecule has 0 rings (SSSR count). The molecule has 0 spiro atoms. The van der Waals surface area contributed by atoms with Crippen molar-refractivity contribution in [2.45, 2.75) is 45.6 Å². The van der Waals surface area contributed by atoms with Crippen LogP contribution < -0.4 is 5.32 Å². The van der Waals surface area contributed by atoms with Gasteiger partial charge in [-0.3, -0.25) is 0 Å². The van der Waals surface area contributed by atoms with Gasteiger partial charge in [-0.1, -0.05) is 20.3 Å². The minimum atomic E-state index is -0.570. The van der Waals surface area contributed by atoms with Crippen molar-refractivity contribution in [3.63, 3.8) is 0 Å². The first-order valence-electron chi connectivity index (χ1n) is 5.92. The Balaban J connectivity index is 3.31. The van der Waals surface area contributed by atoms with E-state index < -0.39 is 5.60 Å². The van der Waals surface area contributed by atoms with E-state index in [1.54, 1.807) is 0 Å². The number of rotatable bonds is 9. The average Bonchev–Trinajstić information content (AvgIpc) is 2.16. The number of aliphatic hydroxyl groups is 1. The van der Waals surface area contributed by atoms with Gasteiger partial charge in [-0.05, 0) is 44.2 Å². The van der Waals surface area contributed by atoms with E-state index in [-0.39, 0.29) is 0 Å². The average molecular weight is 233 g/mol. The molecule has 0 bridgehead atoms. The van der Waals surface area contributed by atoms with Crippen molar-refractivity contribution in [2.75, 3.05) is 25.1 Å². The van der Waals surface area contributed by atoms with E-state index in [9.17, 15) is 5.11 Å². The van der Waals surface area contributed by atoms with Gasteiger partial charge in [0.05, 0.1) is 5.60 Å². The third-order valence-corrected chi connectivity index (χ3v) is 3.63. The summed E-state index contributed by atoms with van der Waals surface area (Å²) in [6, 6.07) is 0. The van der Waals surface area contributed by atoms with Crippen LogP contribution in [0.1, 0.15) is 40.0 Å². The van der Waals surface area contributed by atoms with Gasteiger partial charge in [0.1, 0.15) is 0 Å². The molecule has 1 unspecified atom stereocenters. The normalized spacial score (nSPS) is 15.6. The van der Waals surface area contributed by atoms with Crippen LogP contribution in [0.3, 0.4) is 0 Å². The first kappa shape index (κ1) is 15.3. The number of hydrogen-bond acceptors (Lipinski definition) is 3. The van der Waals surface area contributed by atoms with Gasteiger partial charge in [0, 0.05) is 6.54 Å². The van der Waals surface area contributed by atoms with Gasteiger partial charge < -0.3 is 10.4 Å². The summed E-state index contributed by atoms with van der Waals surface area (Å²) in [4.78, 5) is 0. The molecule has 0 fully saturated rings. The SMILES string of the molecule is CSCCCCCNCC(C)(O)C(C)C. The fourth-order valence-corrected chi connectivity index (χ4v) is 1.71. The highest BCUT2D eigenvalue weighted by molar-refractivity contribution is 7.98. The lowest BCUT2D eigenvalue weighted by atomic mass is 9.92. The molecule has 0 aliphatic heterocycles.